The first-order valence-electron chi connectivity index (χ1n) is 14.7. The van der Waals surface area contributed by atoms with E-state index in [9.17, 15) is 0 Å². The largest absolute Gasteiger partial charge is 0.496 e. The summed E-state index contributed by atoms with van der Waals surface area (Å²) in [4.78, 5) is 2.34. The van der Waals surface area contributed by atoms with Gasteiger partial charge in [-0.05, 0) is 60.2 Å². The molecule has 45 heavy (non-hydrogen) atoms. The third-order valence-electron chi connectivity index (χ3n) is 7.26. The predicted molar refractivity (Wildman–Crippen MR) is 189 cm³/mol. The average Bonchev–Trinajstić information content (AvgIpc) is 3.08. The second-order valence-electron chi connectivity index (χ2n) is 10.2. The smallest absolute Gasteiger partial charge is 0.169 e. The van der Waals surface area contributed by atoms with Gasteiger partial charge in [-0.2, -0.15) is 0 Å². The number of pyridine rings is 1. The number of aryl methyl sites for hydroxylation is 2. The SMILES string of the molecule is COc1cc(OC)c(C=Cc2cc[n+](CCSSCCN3C=CC(C=Cc4c(OC)cc(C)cc4OC)=CC3)cc2)c(OC)c1. The minimum atomic E-state index is 0.693. The second kappa shape index (κ2) is 17.5. The van der Waals surface area contributed by atoms with Crippen molar-refractivity contribution in [1.29, 1.82) is 0 Å². The highest BCUT2D eigenvalue weighted by Crippen LogP contribution is 2.35. The van der Waals surface area contributed by atoms with E-state index in [1.165, 1.54) is 5.57 Å². The maximum absolute atomic E-state index is 5.57. The average molecular weight is 648 g/mol. The maximum Gasteiger partial charge on any atom is 0.169 e. The van der Waals surface area contributed by atoms with E-state index >= 15 is 0 Å². The van der Waals surface area contributed by atoms with Crippen LogP contribution in [0, 0.1) is 6.92 Å². The van der Waals surface area contributed by atoms with Gasteiger partial charge in [0.05, 0.1) is 52.4 Å². The molecule has 7 nitrogen and oxygen atoms in total. The van der Waals surface area contributed by atoms with Gasteiger partial charge in [-0.3, -0.25) is 0 Å². The highest BCUT2D eigenvalue weighted by Gasteiger charge is 2.12. The van der Waals surface area contributed by atoms with E-state index in [-0.39, 0.29) is 0 Å². The molecule has 1 aliphatic rings. The first-order valence-corrected chi connectivity index (χ1v) is 17.2. The van der Waals surface area contributed by atoms with Crippen LogP contribution >= 0.6 is 21.6 Å². The van der Waals surface area contributed by atoms with Gasteiger partial charge in [0.15, 0.2) is 18.9 Å². The number of ether oxygens (including phenoxy) is 5. The molecule has 2 aromatic carbocycles. The molecule has 0 aliphatic carbocycles. The van der Waals surface area contributed by atoms with Crippen molar-refractivity contribution in [3.63, 3.8) is 0 Å². The van der Waals surface area contributed by atoms with Crippen LogP contribution in [0.2, 0.25) is 0 Å². The fourth-order valence-electron chi connectivity index (χ4n) is 4.77. The summed E-state index contributed by atoms with van der Waals surface area (Å²) >= 11 is 0. The molecule has 0 spiro atoms. The van der Waals surface area contributed by atoms with Gasteiger partial charge in [-0.1, -0.05) is 39.8 Å². The molecule has 0 atom stereocenters. The number of hydrogen-bond donors (Lipinski definition) is 0. The molecule has 0 saturated heterocycles. The highest BCUT2D eigenvalue weighted by atomic mass is 33.1. The van der Waals surface area contributed by atoms with Crippen molar-refractivity contribution < 1.29 is 28.3 Å². The van der Waals surface area contributed by atoms with Crippen LogP contribution in [0.4, 0.5) is 0 Å². The summed E-state index contributed by atoms with van der Waals surface area (Å²) in [6.07, 6.45) is 19.1. The van der Waals surface area contributed by atoms with Gasteiger partial charge in [0.1, 0.15) is 28.7 Å². The first kappa shape index (κ1) is 33.9. The molecule has 0 amide bonds. The minimum Gasteiger partial charge on any atom is -0.496 e. The van der Waals surface area contributed by atoms with Crippen LogP contribution in [0.15, 0.2) is 78.8 Å². The number of nitrogens with zero attached hydrogens (tertiary/aromatic N) is 2. The number of hydrogen-bond acceptors (Lipinski definition) is 8. The highest BCUT2D eigenvalue weighted by molar-refractivity contribution is 8.76. The maximum atomic E-state index is 5.57. The van der Waals surface area contributed by atoms with Crippen molar-refractivity contribution in [1.82, 2.24) is 4.90 Å². The Balaban J connectivity index is 1.17. The summed E-state index contributed by atoms with van der Waals surface area (Å²) in [7, 11) is 12.1. The summed E-state index contributed by atoms with van der Waals surface area (Å²) in [5, 5.41) is 0. The van der Waals surface area contributed by atoms with Gasteiger partial charge < -0.3 is 28.6 Å². The standard InChI is InChI=1S/C36H43N2O5S2/c1-27-23-33(40-3)31(34(24-27)41-4)9-7-28-11-15-37(16-12-28)19-21-44-45-22-20-38-17-13-29(14-18-38)8-10-32-35(42-5)25-30(39-2)26-36(32)43-6/h7-15,17-18,23-26H,16,19-22H2,1-6H3/q+1. The molecule has 9 heteroatoms. The molecular weight excluding hydrogens is 605 g/mol. The van der Waals surface area contributed by atoms with E-state index in [0.717, 1.165) is 64.9 Å². The lowest BCUT2D eigenvalue weighted by Crippen LogP contribution is -2.33. The molecule has 0 unspecified atom stereocenters. The van der Waals surface area contributed by atoms with E-state index in [2.05, 4.69) is 70.6 Å². The van der Waals surface area contributed by atoms with Crippen LogP contribution in [-0.2, 0) is 6.54 Å². The van der Waals surface area contributed by atoms with Crippen LogP contribution in [0.3, 0.4) is 0 Å². The fourth-order valence-corrected chi connectivity index (χ4v) is 6.75. The summed E-state index contributed by atoms with van der Waals surface area (Å²) in [6.45, 7) is 4.91. The lowest BCUT2D eigenvalue weighted by atomic mass is 10.1. The predicted octanol–water partition coefficient (Wildman–Crippen LogP) is 7.35. The number of aromatic nitrogens is 1. The van der Waals surface area contributed by atoms with Crippen molar-refractivity contribution in [2.75, 3.05) is 60.1 Å². The Morgan fingerprint density at radius 2 is 1.31 bits per heavy atom. The molecule has 0 saturated carbocycles. The Labute approximate surface area is 275 Å². The summed E-state index contributed by atoms with van der Waals surface area (Å²) in [5.41, 5.74) is 5.21. The molecule has 0 fully saturated rings. The lowest BCUT2D eigenvalue weighted by molar-refractivity contribution is -0.692. The minimum absolute atomic E-state index is 0.693. The van der Waals surface area contributed by atoms with Gasteiger partial charge in [-0.25, -0.2) is 4.57 Å². The van der Waals surface area contributed by atoms with E-state index in [1.54, 1.807) is 35.5 Å². The van der Waals surface area contributed by atoms with Crippen molar-refractivity contribution in [3.05, 3.63) is 101 Å². The Hall–Kier alpha value is -3.95. The zero-order valence-corrected chi connectivity index (χ0v) is 28.6. The molecule has 0 radical (unpaired) electrons. The molecule has 1 aliphatic heterocycles. The van der Waals surface area contributed by atoms with Crippen molar-refractivity contribution in [2.24, 2.45) is 0 Å². The monoisotopic (exact) mass is 647 g/mol. The number of allylic oxidation sites excluding steroid dienone is 3. The first-order chi connectivity index (χ1) is 22.0. The summed E-state index contributed by atoms with van der Waals surface area (Å²) < 4.78 is 29.8. The van der Waals surface area contributed by atoms with E-state index < -0.39 is 0 Å². The van der Waals surface area contributed by atoms with Crippen molar-refractivity contribution in [3.8, 4) is 28.7 Å². The van der Waals surface area contributed by atoms with E-state index in [0.29, 0.717) is 17.2 Å². The van der Waals surface area contributed by atoms with Crippen LogP contribution in [0.25, 0.3) is 18.2 Å². The number of benzene rings is 2. The van der Waals surface area contributed by atoms with Gasteiger partial charge in [-0.15, -0.1) is 0 Å². The van der Waals surface area contributed by atoms with Crippen LogP contribution < -0.4 is 28.3 Å². The van der Waals surface area contributed by atoms with Crippen molar-refractivity contribution in [2.45, 2.75) is 13.5 Å². The summed E-state index contributed by atoms with van der Waals surface area (Å²) in [5.74, 6) is 5.84. The molecule has 238 valence electrons. The number of methoxy groups -OCH3 is 5. The normalized spacial score (nSPS) is 12.9. The van der Waals surface area contributed by atoms with Gasteiger partial charge >= 0.3 is 0 Å². The zero-order valence-electron chi connectivity index (χ0n) is 26.9. The second-order valence-corrected chi connectivity index (χ2v) is 12.9. The van der Waals surface area contributed by atoms with Gasteiger partial charge in [0.2, 0.25) is 0 Å². The molecule has 2 heterocycles. The number of rotatable bonds is 16. The quantitative estimate of drug-likeness (QED) is 0.0910. The molecular formula is C36H43N2O5S2+. The molecule has 1 aromatic heterocycles. The van der Waals surface area contributed by atoms with Crippen LogP contribution in [0.1, 0.15) is 22.3 Å². The lowest BCUT2D eigenvalue weighted by Gasteiger charge is -2.21. The molecule has 3 aromatic rings. The van der Waals surface area contributed by atoms with Crippen molar-refractivity contribution >= 4 is 39.8 Å². The van der Waals surface area contributed by atoms with Crippen LogP contribution in [-0.4, -0.2) is 65.0 Å². The third kappa shape index (κ3) is 9.77. The summed E-state index contributed by atoms with van der Waals surface area (Å²) in [6, 6.07) is 12.0. The Morgan fingerprint density at radius 3 is 1.87 bits per heavy atom. The Kier molecular flexibility index (Phi) is 13.2. The molecule has 0 N–H and O–H groups in total. The van der Waals surface area contributed by atoms with Gasteiger partial charge in [0, 0.05) is 43.1 Å². The van der Waals surface area contributed by atoms with E-state index in [4.69, 9.17) is 23.7 Å². The van der Waals surface area contributed by atoms with Gasteiger partial charge in [0.25, 0.3) is 0 Å². The van der Waals surface area contributed by atoms with E-state index in [1.807, 2.05) is 58.9 Å². The Bertz CT molecular complexity index is 1480. The fraction of sp³-hybridized carbons (Fsp3) is 0.306. The molecule has 4 rings (SSSR count). The Morgan fingerprint density at radius 1 is 0.733 bits per heavy atom. The van der Waals surface area contributed by atoms with Crippen LogP contribution in [0.5, 0.6) is 28.7 Å². The topological polar surface area (TPSA) is 53.3 Å². The third-order valence-corrected chi connectivity index (χ3v) is 9.63. The zero-order chi connectivity index (χ0) is 32.0. The molecule has 0 bridgehead atoms.